The molecule has 8 heteroatoms. The molecule has 1 aliphatic heterocycles. The molecular formula is C12H17BrO7. The molecule has 0 radical (unpaired) electrons. The fourth-order valence-electron chi connectivity index (χ4n) is 1.96. The lowest BCUT2D eigenvalue weighted by Crippen LogP contribution is -2.59. The second-order valence-electron chi connectivity index (χ2n) is 4.41. The van der Waals surface area contributed by atoms with E-state index in [9.17, 15) is 14.4 Å². The number of carbonyl (C=O) groups excluding carboxylic acids is 3. The highest BCUT2D eigenvalue weighted by atomic mass is 79.9. The van der Waals surface area contributed by atoms with Gasteiger partial charge in [-0.15, -0.1) is 0 Å². The molecule has 0 amide bonds. The highest BCUT2D eigenvalue weighted by molar-refractivity contribution is 9.09. The van der Waals surface area contributed by atoms with Crippen molar-refractivity contribution < 1.29 is 33.3 Å². The summed E-state index contributed by atoms with van der Waals surface area (Å²) in [6.07, 6.45) is -3.22. The molecule has 7 nitrogen and oxygen atoms in total. The zero-order valence-corrected chi connectivity index (χ0v) is 13.2. The minimum Gasteiger partial charge on any atom is -0.456 e. The van der Waals surface area contributed by atoms with Crippen LogP contribution >= 0.6 is 15.9 Å². The van der Waals surface area contributed by atoms with Crippen molar-refractivity contribution in [1.29, 1.82) is 0 Å². The molecule has 0 aromatic heterocycles. The summed E-state index contributed by atoms with van der Waals surface area (Å²) in [5.74, 6) is -1.67. The molecule has 20 heavy (non-hydrogen) atoms. The van der Waals surface area contributed by atoms with Crippen molar-refractivity contribution >= 4 is 33.8 Å². The first kappa shape index (κ1) is 16.9. The van der Waals surface area contributed by atoms with Crippen LogP contribution in [0.1, 0.15) is 27.7 Å². The number of halogens is 1. The lowest BCUT2D eigenvalue weighted by Gasteiger charge is -2.41. The molecular weight excluding hydrogens is 336 g/mol. The Balaban J connectivity index is 3.01. The molecule has 0 aliphatic carbocycles. The molecule has 0 saturated carbocycles. The maximum Gasteiger partial charge on any atom is 0.303 e. The first-order valence-electron chi connectivity index (χ1n) is 6.03. The summed E-state index contributed by atoms with van der Waals surface area (Å²) < 4.78 is 20.9. The Kier molecular flexibility index (Phi) is 5.94. The molecule has 1 fully saturated rings. The van der Waals surface area contributed by atoms with E-state index in [4.69, 9.17) is 18.9 Å². The third-order valence-corrected chi connectivity index (χ3v) is 3.36. The molecule has 0 N–H and O–H groups in total. The number of rotatable bonds is 3. The van der Waals surface area contributed by atoms with E-state index in [1.54, 1.807) is 6.92 Å². The van der Waals surface area contributed by atoms with Gasteiger partial charge in [-0.05, 0) is 6.92 Å². The molecule has 0 aromatic carbocycles. The SMILES string of the molecule is CC(=O)OC1[C@H](OC(C)=O)C(C)O[C@@H](Br)[C@H]1OC(C)=O. The molecule has 5 atom stereocenters. The fraction of sp³-hybridized carbons (Fsp3) is 0.750. The van der Waals surface area contributed by atoms with Gasteiger partial charge in [0.2, 0.25) is 0 Å². The number of hydrogen-bond acceptors (Lipinski definition) is 7. The number of hydrogen-bond donors (Lipinski definition) is 0. The molecule has 0 spiro atoms. The summed E-state index contributed by atoms with van der Waals surface area (Å²) in [5.41, 5.74) is 0. The van der Waals surface area contributed by atoms with Crippen LogP contribution < -0.4 is 0 Å². The second-order valence-corrected chi connectivity index (χ2v) is 5.32. The van der Waals surface area contributed by atoms with Crippen molar-refractivity contribution in [3.05, 3.63) is 0 Å². The number of alkyl halides is 1. The molecule has 1 heterocycles. The lowest BCUT2D eigenvalue weighted by atomic mass is 10.00. The normalized spacial score (nSPS) is 33.1. The maximum absolute atomic E-state index is 11.2. The lowest BCUT2D eigenvalue weighted by molar-refractivity contribution is -0.227. The summed E-state index contributed by atoms with van der Waals surface area (Å²) in [7, 11) is 0. The van der Waals surface area contributed by atoms with Gasteiger partial charge in [0.15, 0.2) is 23.3 Å². The molecule has 0 bridgehead atoms. The van der Waals surface area contributed by atoms with E-state index in [-0.39, 0.29) is 0 Å². The van der Waals surface area contributed by atoms with Gasteiger partial charge in [0.05, 0.1) is 6.10 Å². The minimum atomic E-state index is -0.937. The van der Waals surface area contributed by atoms with E-state index >= 15 is 0 Å². The summed E-state index contributed by atoms with van der Waals surface area (Å²) in [6, 6.07) is 0. The number of ether oxygens (including phenoxy) is 4. The van der Waals surface area contributed by atoms with Crippen LogP contribution in [-0.2, 0) is 33.3 Å². The van der Waals surface area contributed by atoms with Crippen LogP contribution in [-0.4, -0.2) is 47.3 Å². The van der Waals surface area contributed by atoms with E-state index in [1.165, 1.54) is 20.8 Å². The molecule has 114 valence electrons. The van der Waals surface area contributed by atoms with Gasteiger partial charge in [-0.1, -0.05) is 15.9 Å². The van der Waals surface area contributed by atoms with Crippen LogP contribution in [0.5, 0.6) is 0 Å². The van der Waals surface area contributed by atoms with Gasteiger partial charge < -0.3 is 18.9 Å². The Bertz CT molecular complexity index is 369. The Labute approximate surface area is 125 Å². The Morgan fingerprint density at radius 1 is 0.850 bits per heavy atom. The largest absolute Gasteiger partial charge is 0.456 e. The Morgan fingerprint density at radius 3 is 1.70 bits per heavy atom. The summed E-state index contributed by atoms with van der Waals surface area (Å²) >= 11 is 3.22. The van der Waals surface area contributed by atoms with Gasteiger partial charge in [-0.25, -0.2) is 0 Å². The van der Waals surface area contributed by atoms with E-state index in [0.29, 0.717) is 0 Å². The van der Waals surface area contributed by atoms with Gasteiger partial charge in [0, 0.05) is 20.8 Å². The fourth-order valence-corrected chi connectivity index (χ4v) is 2.70. The van der Waals surface area contributed by atoms with Gasteiger partial charge in [-0.3, -0.25) is 14.4 Å². The Hall–Kier alpha value is -1.15. The van der Waals surface area contributed by atoms with Crippen molar-refractivity contribution in [2.75, 3.05) is 0 Å². The van der Waals surface area contributed by atoms with E-state index in [1.807, 2.05) is 0 Å². The monoisotopic (exact) mass is 352 g/mol. The first-order chi connectivity index (χ1) is 9.22. The van der Waals surface area contributed by atoms with Crippen molar-refractivity contribution in [2.45, 2.75) is 57.1 Å². The van der Waals surface area contributed by atoms with Crippen molar-refractivity contribution in [2.24, 2.45) is 0 Å². The summed E-state index contributed by atoms with van der Waals surface area (Å²) in [6.45, 7) is 5.35. The van der Waals surface area contributed by atoms with Gasteiger partial charge >= 0.3 is 17.9 Å². The predicted octanol–water partition coefficient (Wildman–Crippen LogP) is 0.921. The summed E-state index contributed by atoms with van der Waals surface area (Å²) in [5, 5.41) is -0.669. The van der Waals surface area contributed by atoms with Crippen LogP contribution in [0, 0.1) is 0 Å². The standard InChI is InChI=1S/C12H17BrO7/c1-5-9(18-6(2)14)10(19-7(3)15)11(12(13)17-5)20-8(4)16/h5,9-12H,1-4H3/t5?,9-,10?,11+,12-/m1/s1. The molecule has 1 aliphatic rings. The smallest absolute Gasteiger partial charge is 0.303 e. The zero-order chi connectivity index (χ0) is 15.4. The number of esters is 3. The van der Waals surface area contributed by atoms with E-state index in [0.717, 1.165) is 0 Å². The average Bonchev–Trinajstić information content (AvgIpc) is 2.27. The average molecular weight is 353 g/mol. The minimum absolute atomic E-state index is 0.528. The van der Waals surface area contributed by atoms with Crippen molar-refractivity contribution in [1.82, 2.24) is 0 Å². The van der Waals surface area contributed by atoms with Crippen LogP contribution in [0.25, 0.3) is 0 Å². The topological polar surface area (TPSA) is 88.1 Å². The Morgan fingerprint density at radius 2 is 1.25 bits per heavy atom. The quantitative estimate of drug-likeness (QED) is 0.424. The summed E-state index contributed by atoms with van der Waals surface area (Å²) in [4.78, 5) is 33.5. The van der Waals surface area contributed by atoms with E-state index < -0.39 is 47.3 Å². The van der Waals surface area contributed by atoms with Crippen molar-refractivity contribution in [3.63, 3.8) is 0 Å². The molecule has 2 unspecified atom stereocenters. The van der Waals surface area contributed by atoms with Crippen LogP contribution in [0.3, 0.4) is 0 Å². The van der Waals surface area contributed by atoms with Crippen LogP contribution in [0.4, 0.5) is 0 Å². The molecule has 0 aromatic rings. The highest BCUT2D eigenvalue weighted by Crippen LogP contribution is 2.31. The maximum atomic E-state index is 11.2. The van der Waals surface area contributed by atoms with Crippen LogP contribution in [0.15, 0.2) is 0 Å². The number of carbonyl (C=O) groups is 3. The first-order valence-corrected chi connectivity index (χ1v) is 6.95. The van der Waals surface area contributed by atoms with Gasteiger partial charge in [0.25, 0.3) is 0 Å². The van der Waals surface area contributed by atoms with Crippen molar-refractivity contribution in [3.8, 4) is 0 Å². The molecule has 1 rings (SSSR count). The highest BCUT2D eigenvalue weighted by Gasteiger charge is 2.49. The van der Waals surface area contributed by atoms with E-state index in [2.05, 4.69) is 15.9 Å². The zero-order valence-electron chi connectivity index (χ0n) is 11.6. The molecule has 1 saturated heterocycles. The third kappa shape index (κ3) is 4.45. The third-order valence-electron chi connectivity index (χ3n) is 2.62. The van der Waals surface area contributed by atoms with Crippen LogP contribution in [0.2, 0.25) is 0 Å². The van der Waals surface area contributed by atoms with Gasteiger partial charge in [-0.2, -0.15) is 0 Å². The van der Waals surface area contributed by atoms with Gasteiger partial charge in [0.1, 0.15) is 0 Å². The second kappa shape index (κ2) is 7.03. The predicted molar refractivity (Wildman–Crippen MR) is 69.9 cm³/mol.